The minimum atomic E-state index is -4.16. The van der Waals surface area contributed by atoms with Crippen molar-refractivity contribution in [3.05, 3.63) is 88.4 Å². The number of rotatable bonds is 14. The van der Waals surface area contributed by atoms with Crippen molar-refractivity contribution < 1.29 is 22.7 Å². The summed E-state index contributed by atoms with van der Waals surface area (Å²) in [6, 6.07) is 19.7. The molecule has 0 unspecified atom stereocenters. The lowest BCUT2D eigenvalue weighted by Gasteiger charge is -2.33. The second-order valence-corrected chi connectivity index (χ2v) is 12.9. The van der Waals surface area contributed by atoms with Crippen LogP contribution in [0, 0.1) is 6.92 Å². The number of hydrogen-bond donors (Lipinski definition) is 1. The van der Waals surface area contributed by atoms with Gasteiger partial charge in [-0.3, -0.25) is 13.9 Å². The number of anilines is 1. The molecule has 3 rings (SSSR count). The Morgan fingerprint density at radius 3 is 2.07 bits per heavy atom. The van der Waals surface area contributed by atoms with Gasteiger partial charge in [0.15, 0.2) is 0 Å². The summed E-state index contributed by atoms with van der Waals surface area (Å²) < 4.78 is 35.4. The number of benzene rings is 3. The molecule has 226 valence electrons. The Morgan fingerprint density at radius 1 is 0.905 bits per heavy atom. The summed E-state index contributed by atoms with van der Waals surface area (Å²) in [6.07, 6.45) is 1.10. The van der Waals surface area contributed by atoms with E-state index in [0.29, 0.717) is 24.5 Å². The lowest BCUT2D eigenvalue weighted by molar-refractivity contribution is -0.140. The van der Waals surface area contributed by atoms with Crippen LogP contribution in [0.4, 0.5) is 5.69 Å². The summed E-state index contributed by atoms with van der Waals surface area (Å²) in [5.74, 6) is -0.172. The molecule has 10 heteroatoms. The number of aryl methyl sites for hydroxylation is 1. The van der Waals surface area contributed by atoms with Crippen molar-refractivity contribution in [3.8, 4) is 5.75 Å². The zero-order chi connectivity index (χ0) is 30.9. The van der Waals surface area contributed by atoms with E-state index in [1.807, 2.05) is 58.9 Å². The highest BCUT2D eigenvalue weighted by Gasteiger charge is 2.34. The van der Waals surface area contributed by atoms with E-state index in [9.17, 15) is 18.0 Å². The van der Waals surface area contributed by atoms with Crippen LogP contribution in [-0.4, -0.2) is 50.4 Å². The molecule has 0 saturated carbocycles. The first-order valence-corrected chi connectivity index (χ1v) is 16.4. The van der Waals surface area contributed by atoms with Gasteiger partial charge in [-0.25, -0.2) is 8.42 Å². The Morgan fingerprint density at radius 2 is 1.52 bits per heavy atom. The van der Waals surface area contributed by atoms with Crippen molar-refractivity contribution in [2.45, 2.75) is 71.0 Å². The summed E-state index contributed by atoms with van der Waals surface area (Å²) in [5, 5.41) is 2.99. The third-order valence-corrected chi connectivity index (χ3v) is 9.29. The summed E-state index contributed by atoms with van der Waals surface area (Å²) >= 11 is 3.35. The third kappa shape index (κ3) is 8.58. The van der Waals surface area contributed by atoms with Crippen molar-refractivity contribution in [2.75, 3.05) is 17.5 Å². The van der Waals surface area contributed by atoms with Crippen LogP contribution in [0.5, 0.6) is 5.75 Å². The number of halogens is 1. The van der Waals surface area contributed by atoms with E-state index < -0.39 is 28.5 Å². The number of nitrogens with zero attached hydrogens (tertiary/aromatic N) is 2. The normalized spacial score (nSPS) is 12.7. The highest BCUT2D eigenvalue weighted by atomic mass is 79.9. The van der Waals surface area contributed by atoms with Crippen molar-refractivity contribution in [3.63, 3.8) is 0 Å². The van der Waals surface area contributed by atoms with Crippen LogP contribution in [0.15, 0.2) is 82.2 Å². The first kappa shape index (κ1) is 33.1. The molecule has 1 N–H and O–H groups in total. The van der Waals surface area contributed by atoms with Gasteiger partial charge >= 0.3 is 0 Å². The van der Waals surface area contributed by atoms with Gasteiger partial charge in [-0.05, 0) is 87.7 Å². The number of hydrogen-bond acceptors (Lipinski definition) is 5. The minimum Gasteiger partial charge on any atom is -0.494 e. The monoisotopic (exact) mass is 657 g/mol. The summed E-state index contributed by atoms with van der Waals surface area (Å²) in [4.78, 5) is 29.1. The topological polar surface area (TPSA) is 96.0 Å². The fourth-order valence-corrected chi connectivity index (χ4v) is 6.07. The fourth-order valence-electron chi connectivity index (χ4n) is 4.39. The molecule has 2 atom stereocenters. The van der Waals surface area contributed by atoms with Crippen LogP contribution < -0.4 is 14.4 Å². The number of ether oxygens (including phenoxy) is 1. The average molecular weight is 659 g/mol. The highest BCUT2D eigenvalue weighted by Crippen LogP contribution is 2.27. The molecule has 0 aliphatic rings. The molecular weight excluding hydrogens is 618 g/mol. The quantitative estimate of drug-likeness (QED) is 0.227. The molecule has 3 aromatic carbocycles. The maximum Gasteiger partial charge on any atom is 0.264 e. The van der Waals surface area contributed by atoms with E-state index >= 15 is 0 Å². The van der Waals surface area contributed by atoms with Crippen LogP contribution in [0.1, 0.15) is 51.7 Å². The Labute approximate surface area is 258 Å². The van der Waals surface area contributed by atoms with Crippen LogP contribution in [0.2, 0.25) is 0 Å². The smallest absolute Gasteiger partial charge is 0.264 e. The van der Waals surface area contributed by atoms with Gasteiger partial charge in [0.2, 0.25) is 11.8 Å². The number of amides is 2. The van der Waals surface area contributed by atoms with E-state index in [-0.39, 0.29) is 23.4 Å². The van der Waals surface area contributed by atoms with Crippen molar-refractivity contribution in [2.24, 2.45) is 0 Å². The predicted molar refractivity (Wildman–Crippen MR) is 170 cm³/mol. The molecule has 0 radical (unpaired) electrons. The number of carbonyl (C=O) groups excluding carboxylic acids is 2. The molecule has 0 saturated heterocycles. The molecule has 0 bridgehead atoms. The first-order chi connectivity index (χ1) is 20.0. The van der Waals surface area contributed by atoms with Crippen molar-refractivity contribution in [1.29, 1.82) is 0 Å². The maximum absolute atomic E-state index is 14.2. The van der Waals surface area contributed by atoms with Crippen LogP contribution in [0.3, 0.4) is 0 Å². The first-order valence-electron chi connectivity index (χ1n) is 14.2. The second-order valence-electron chi connectivity index (χ2n) is 10.1. The van der Waals surface area contributed by atoms with Gasteiger partial charge in [-0.15, -0.1) is 0 Å². The minimum absolute atomic E-state index is 0.0408. The largest absolute Gasteiger partial charge is 0.494 e. The van der Waals surface area contributed by atoms with Crippen LogP contribution in [0.25, 0.3) is 0 Å². The second kappa shape index (κ2) is 15.2. The van der Waals surface area contributed by atoms with Gasteiger partial charge in [0, 0.05) is 17.1 Å². The maximum atomic E-state index is 14.2. The summed E-state index contributed by atoms with van der Waals surface area (Å²) in [6.45, 7) is 9.69. The third-order valence-electron chi connectivity index (χ3n) is 6.98. The van der Waals surface area contributed by atoms with E-state index in [1.54, 1.807) is 36.4 Å². The van der Waals surface area contributed by atoms with Gasteiger partial charge in [-0.1, -0.05) is 59.6 Å². The SMILES string of the molecule is CCOc1ccc(N(CC(=O)N(Cc2ccc(C)cc2)[C@H](CC)C(=O)N[C@@H](C)CC)S(=O)(=O)c2ccc(Br)cc2)cc1. The molecular formula is C32H40BrN3O5S. The van der Waals surface area contributed by atoms with Crippen LogP contribution >= 0.6 is 15.9 Å². The van der Waals surface area contributed by atoms with E-state index in [2.05, 4.69) is 21.2 Å². The van der Waals surface area contributed by atoms with Crippen molar-refractivity contribution >= 4 is 43.5 Å². The molecule has 3 aromatic rings. The van der Waals surface area contributed by atoms with Gasteiger partial charge in [-0.2, -0.15) is 0 Å². The Bertz CT molecular complexity index is 1430. The van der Waals surface area contributed by atoms with Gasteiger partial charge in [0.1, 0.15) is 18.3 Å². The Kier molecular flexibility index (Phi) is 12.0. The zero-order valence-corrected chi connectivity index (χ0v) is 27.2. The Balaban J connectivity index is 2.05. The summed E-state index contributed by atoms with van der Waals surface area (Å²) in [7, 11) is -4.16. The van der Waals surface area contributed by atoms with Gasteiger partial charge < -0.3 is 15.0 Å². The fraction of sp³-hybridized carbons (Fsp3) is 0.375. The molecule has 8 nitrogen and oxygen atoms in total. The molecule has 0 spiro atoms. The number of sulfonamides is 1. The van der Waals surface area contributed by atoms with Crippen molar-refractivity contribution in [1.82, 2.24) is 10.2 Å². The number of carbonyl (C=O) groups is 2. The molecule has 2 amide bonds. The van der Waals surface area contributed by atoms with E-state index in [0.717, 1.165) is 26.3 Å². The molecule has 0 aliphatic heterocycles. The lowest BCUT2D eigenvalue weighted by Crippen LogP contribution is -2.53. The molecule has 0 fully saturated rings. The molecule has 0 heterocycles. The molecule has 0 aliphatic carbocycles. The van der Waals surface area contributed by atoms with Gasteiger partial charge in [0.05, 0.1) is 17.2 Å². The molecule has 0 aromatic heterocycles. The zero-order valence-electron chi connectivity index (χ0n) is 24.8. The lowest BCUT2D eigenvalue weighted by atomic mass is 10.1. The Hall–Kier alpha value is -3.37. The van der Waals surface area contributed by atoms with E-state index in [1.165, 1.54) is 17.0 Å². The standard InChI is InChI=1S/C32H40BrN3O5S/c1-6-24(5)34-32(38)30(7-2)35(21-25-11-9-23(4)10-12-25)31(37)22-36(27-15-17-28(18-16-27)41-8-3)42(39,40)29-19-13-26(33)14-20-29/h9-20,24,30H,6-8,21-22H2,1-5H3,(H,34,38)/t24-,30+/m0/s1. The molecule has 42 heavy (non-hydrogen) atoms. The highest BCUT2D eigenvalue weighted by molar-refractivity contribution is 9.10. The number of nitrogens with one attached hydrogen (secondary N) is 1. The predicted octanol–water partition coefficient (Wildman–Crippen LogP) is 6.07. The average Bonchev–Trinajstić information content (AvgIpc) is 2.97. The van der Waals surface area contributed by atoms with E-state index in [4.69, 9.17) is 4.74 Å². The van der Waals surface area contributed by atoms with Gasteiger partial charge in [0.25, 0.3) is 10.0 Å². The van der Waals surface area contributed by atoms with Crippen LogP contribution in [-0.2, 0) is 26.2 Å². The summed E-state index contributed by atoms with van der Waals surface area (Å²) in [5.41, 5.74) is 2.22.